The molecule has 1 aliphatic carbocycles. The van der Waals surface area contributed by atoms with Gasteiger partial charge in [-0.3, -0.25) is 14.3 Å². The summed E-state index contributed by atoms with van der Waals surface area (Å²) in [5.74, 6) is -1.60. The van der Waals surface area contributed by atoms with Crippen LogP contribution in [0.2, 0.25) is 0 Å². The minimum atomic E-state index is -0.550. The van der Waals surface area contributed by atoms with Crippen LogP contribution in [0.15, 0.2) is 6.07 Å². The van der Waals surface area contributed by atoms with Gasteiger partial charge < -0.3 is 15.8 Å². The first-order chi connectivity index (χ1) is 12.4. The molecule has 0 bridgehead atoms. The second kappa shape index (κ2) is 7.28. The molecular formula is C17H20N4O4S. The zero-order valence-electron chi connectivity index (χ0n) is 14.6. The number of anilines is 1. The lowest BCUT2D eigenvalue weighted by molar-refractivity contribution is 0.0513. The summed E-state index contributed by atoms with van der Waals surface area (Å²) in [4.78, 5) is 37.4. The Balaban J connectivity index is 1.87. The maximum atomic E-state index is 12.6. The van der Waals surface area contributed by atoms with Crippen molar-refractivity contribution in [2.24, 2.45) is 12.8 Å². The number of nitrogens with zero attached hydrogens (tertiary/aromatic N) is 2. The molecule has 2 amide bonds. The number of thiophene rings is 1. The predicted octanol–water partition coefficient (Wildman–Crippen LogP) is 1.89. The number of carbonyl (C=O) groups excluding carboxylic acids is 3. The normalized spacial score (nSPS) is 13.2. The second-order valence-corrected chi connectivity index (χ2v) is 7.10. The number of primary amides is 1. The Hall–Kier alpha value is -2.68. The van der Waals surface area contributed by atoms with Gasteiger partial charge in [-0.1, -0.05) is 0 Å². The van der Waals surface area contributed by atoms with Gasteiger partial charge in [0, 0.05) is 18.0 Å². The summed E-state index contributed by atoms with van der Waals surface area (Å²) in [6.07, 6.45) is 3.73. The monoisotopic (exact) mass is 376 g/mol. The molecular weight excluding hydrogens is 356 g/mol. The minimum absolute atomic E-state index is 0.0670. The number of aryl methyl sites for hydroxylation is 2. The van der Waals surface area contributed by atoms with E-state index < -0.39 is 17.8 Å². The van der Waals surface area contributed by atoms with E-state index >= 15 is 0 Å². The molecule has 0 spiro atoms. The van der Waals surface area contributed by atoms with Crippen molar-refractivity contribution in [3.05, 3.63) is 33.5 Å². The summed E-state index contributed by atoms with van der Waals surface area (Å²) in [7, 11) is 1.56. The van der Waals surface area contributed by atoms with E-state index in [1.54, 1.807) is 14.0 Å². The van der Waals surface area contributed by atoms with Crippen LogP contribution in [0.1, 0.15) is 61.5 Å². The smallest absolute Gasteiger partial charge is 0.356 e. The summed E-state index contributed by atoms with van der Waals surface area (Å²) in [6, 6.07) is 1.37. The fraction of sp³-hybridized carbons (Fsp3) is 0.412. The Morgan fingerprint density at radius 1 is 1.35 bits per heavy atom. The SMILES string of the molecule is CCOC(=O)c1cc(C(=O)Nc2sc3c(c2C(N)=O)CCCC3)nn1C. The fourth-order valence-corrected chi connectivity index (χ4v) is 4.35. The van der Waals surface area contributed by atoms with Crippen molar-refractivity contribution < 1.29 is 19.1 Å². The van der Waals surface area contributed by atoms with E-state index in [9.17, 15) is 14.4 Å². The summed E-state index contributed by atoms with van der Waals surface area (Å²) < 4.78 is 6.23. The molecule has 0 aromatic carbocycles. The molecule has 0 radical (unpaired) electrons. The average molecular weight is 376 g/mol. The van der Waals surface area contributed by atoms with E-state index in [1.807, 2.05) is 0 Å². The number of rotatable bonds is 5. The maximum Gasteiger partial charge on any atom is 0.356 e. The number of aromatic nitrogens is 2. The molecule has 3 rings (SSSR count). The molecule has 138 valence electrons. The van der Waals surface area contributed by atoms with Gasteiger partial charge in [-0.2, -0.15) is 5.10 Å². The molecule has 0 saturated carbocycles. The van der Waals surface area contributed by atoms with Crippen molar-refractivity contribution in [2.45, 2.75) is 32.6 Å². The molecule has 0 saturated heterocycles. The van der Waals surface area contributed by atoms with Gasteiger partial charge in [0.25, 0.3) is 11.8 Å². The summed E-state index contributed by atoms with van der Waals surface area (Å²) in [5.41, 5.74) is 7.11. The van der Waals surface area contributed by atoms with Gasteiger partial charge >= 0.3 is 5.97 Å². The lowest BCUT2D eigenvalue weighted by atomic mass is 9.95. The van der Waals surface area contributed by atoms with E-state index in [0.717, 1.165) is 36.1 Å². The molecule has 2 aromatic rings. The standard InChI is InChI=1S/C17H20N4O4S/c1-3-25-17(24)11-8-10(20-21(11)2)15(23)19-16-13(14(18)22)9-6-4-5-7-12(9)26-16/h8H,3-7H2,1-2H3,(H2,18,22)(H,19,23). The Morgan fingerprint density at radius 3 is 2.77 bits per heavy atom. The molecule has 2 heterocycles. The van der Waals surface area contributed by atoms with Crippen molar-refractivity contribution in [3.63, 3.8) is 0 Å². The predicted molar refractivity (Wildman–Crippen MR) is 96.6 cm³/mol. The molecule has 0 fully saturated rings. The van der Waals surface area contributed by atoms with Crippen molar-refractivity contribution in [1.82, 2.24) is 9.78 Å². The molecule has 8 nitrogen and oxygen atoms in total. The highest BCUT2D eigenvalue weighted by Gasteiger charge is 2.26. The van der Waals surface area contributed by atoms with Gasteiger partial charge in [0.2, 0.25) is 0 Å². The maximum absolute atomic E-state index is 12.6. The third-order valence-electron chi connectivity index (χ3n) is 4.24. The van der Waals surface area contributed by atoms with Gasteiger partial charge in [-0.05, 0) is 38.2 Å². The van der Waals surface area contributed by atoms with Crippen LogP contribution in [0.25, 0.3) is 0 Å². The highest BCUT2D eigenvalue weighted by molar-refractivity contribution is 7.17. The Kier molecular flexibility index (Phi) is 5.08. The van der Waals surface area contributed by atoms with Gasteiger partial charge in [0.15, 0.2) is 5.69 Å². The number of amides is 2. The topological polar surface area (TPSA) is 116 Å². The molecule has 1 aliphatic rings. The van der Waals surface area contributed by atoms with Crippen LogP contribution in [0.5, 0.6) is 0 Å². The quantitative estimate of drug-likeness (QED) is 0.773. The number of carbonyl (C=O) groups is 3. The van der Waals surface area contributed by atoms with Gasteiger partial charge in [-0.25, -0.2) is 4.79 Å². The number of hydrogen-bond acceptors (Lipinski definition) is 6. The summed E-state index contributed by atoms with van der Waals surface area (Å²) >= 11 is 1.38. The summed E-state index contributed by atoms with van der Waals surface area (Å²) in [5, 5.41) is 7.23. The molecule has 0 atom stereocenters. The number of nitrogens with one attached hydrogen (secondary N) is 1. The average Bonchev–Trinajstić information content (AvgIpc) is 3.15. The van der Waals surface area contributed by atoms with Crippen LogP contribution in [0.3, 0.4) is 0 Å². The lowest BCUT2D eigenvalue weighted by Gasteiger charge is -2.11. The molecule has 3 N–H and O–H groups in total. The van der Waals surface area contributed by atoms with E-state index in [0.29, 0.717) is 10.6 Å². The number of fused-ring (bicyclic) bond motifs is 1. The van der Waals surface area contributed by atoms with Crippen LogP contribution in [-0.4, -0.2) is 34.2 Å². The highest BCUT2D eigenvalue weighted by atomic mass is 32.1. The molecule has 0 unspecified atom stereocenters. The molecule has 2 aromatic heterocycles. The van der Waals surface area contributed by atoms with Crippen LogP contribution >= 0.6 is 11.3 Å². The Labute approximate surface area is 154 Å². The largest absolute Gasteiger partial charge is 0.461 e. The van der Waals surface area contributed by atoms with Crippen LogP contribution in [0, 0.1) is 0 Å². The van der Waals surface area contributed by atoms with Crippen molar-refractivity contribution in [3.8, 4) is 0 Å². The number of hydrogen-bond donors (Lipinski definition) is 2. The third kappa shape index (κ3) is 3.34. The zero-order chi connectivity index (χ0) is 18.8. The molecule has 26 heavy (non-hydrogen) atoms. The van der Waals surface area contributed by atoms with Crippen molar-refractivity contribution in [2.75, 3.05) is 11.9 Å². The second-order valence-electron chi connectivity index (χ2n) is 5.99. The fourth-order valence-electron chi connectivity index (χ4n) is 3.06. The van der Waals surface area contributed by atoms with E-state index in [1.165, 1.54) is 22.1 Å². The number of ether oxygens (including phenoxy) is 1. The first-order valence-corrected chi connectivity index (χ1v) is 9.20. The highest BCUT2D eigenvalue weighted by Crippen LogP contribution is 2.38. The Morgan fingerprint density at radius 2 is 2.08 bits per heavy atom. The number of esters is 1. The van der Waals surface area contributed by atoms with Crippen LogP contribution in [-0.2, 0) is 24.6 Å². The van der Waals surface area contributed by atoms with E-state index in [2.05, 4.69) is 10.4 Å². The summed E-state index contributed by atoms with van der Waals surface area (Å²) in [6.45, 7) is 1.93. The van der Waals surface area contributed by atoms with Gasteiger partial charge in [-0.15, -0.1) is 11.3 Å². The van der Waals surface area contributed by atoms with Crippen LogP contribution < -0.4 is 11.1 Å². The van der Waals surface area contributed by atoms with E-state index in [-0.39, 0.29) is 18.0 Å². The minimum Gasteiger partial charge on any atom is -0.461 e. The zero-order valence-corrected chi connectivity index (χ0v) is 15.4. The van der Waals surface area contributed by atoms with Gasteiger partial charge in [0.1, 0.15) is 10.7 Å². The van der Waals surface area contributed by atoms with Crippen molar-refractivity contribution in [1.29, 1.82) is 0 Å². The molecule has 9 heteroatoms. The van der Waals surface area contributed by atoms with E-state index in [4.69, 9.17) is 10.5 Å². The first-order valence-electron chi connectivity index (χ1n) is 8.39. The van der Waals surface area contributed by atoms with Crippen molar-refractivity contribution >= 4 is 34.1 Å². The third-order valence-corrected chi connectivity index (χ3v) is 5.45. The lowest BCUT2D eigenvalue weighted by Crippen LogP contribution is -2.19. The first kappa shape index (κ1) is 18.1. The molecule has 0 aliphatic heterocycles. The number of nitrogens with two attached hydrogens (primary N) is 1. The van der Waals surface area contributed by atoms with Gasteiger partial charge in [0.05, 0.1) is 12.2 Å². The Bertz CT molecular complexity index is 884. The van der Waals surface area contributed by atoms with Crippen LogP contribution in [0.4, 0.5) is 5.00 Å².